The molecule has 2 aromatic heterocycles. The van der Waals surface area contributed by atoms with Gasteiger partial charge >= 0.3 is 17.8 Å². The molecule has 0 saturated carbocycles. The maximum Gasteiger partial charge on any atom is 0.417 e. The van der Waals surface area contributed by atoms with E-state index in [0.29, 0.717) is 6.07 Å². The van der Waals surface area contributed by atoms with E-state index in [4.69, 9.17) is 4.42 Å². The number of pyridine rings is 1. The quantitative estimate of drug-likeness (QED) is 0.332. The van der Waals surface area contributed by atoms with Crippen molar-refractivity contribution >= 4 is 11.7 Å². The molecule has 0 bridgehead atoms. The van der Waals surface area contributed by atoms with Gasteiger partial charge in [-0.2, -0.15) is 13.2 Å². The summed E-state index contributed by atoms with van der Waals surface area (Å²) in [4.78, 5) is 25.3. The van der Waals surface area contributed by atoms with E-state index in [-0.39, 0.29) is 11.1 Å². The summed E-state index contributed by atoms with van der Waals surface area (Å²) in [5.74, 6) is -4.34. The first-order valence-corrected chi connectivity index (χ1v) is 7.59. The first-order valence-electron chi connectivity index (χ1n) is 7.59. The molecule has 3 aromatic rings. The smallest absolute Gasteiger partial charge is 0.417 e. The van der Waals surface area contributed by atoms with Gasteiger partial charge in [-0.15, -0.1) is 0 Å². The van der Waals surface area contributed by atoms with Crippen molar-refractivity contribution in [3.63, 3.8) is 0 Å². The Morgan fingerprint density at radius 2 is 1.90 bits per heavy atom. The van der Waals surface area contributed by atoms with Crippen LogP contribution in [0.3, 0.4) is 0 Å². The number of furan rings is 1. The number of halogens is 3. The second-order valence-corrected chi connectivity index (χ2v) is 5.70. The lowest BCUT2D eigenvalue weighted by atomic mass is 9.98. The zero-order valence-electron chi connectivity index (χ0n) is 14.0. The summed E-state index contributed by atoms with van der Waals surface area (Å²) in [5, 5.41) is 39.8. The summed E-state index contributed by atoms with van der Waals surface area (Å²) < 4.78 is 44.9. The number of nitro groups is 1. The van der Waals surface area contributed by atoms with Gasteiger partial charge in [-0.05, 0) is 17.7 Å². The zero-order valence-corrected chi connectivity index (χ0v) is 14.0. The van der Waals surface area contributed by atoms with Crippen LogP contribution in [0.1, 0.15) is 15.9 Å². The van der Waals surface area contributed by atoms with E-state index in [9.17, 15) is 43.4 Å². The molecule has 150 valence electrons. The van der Waals surface area contributed by atoms with Crippen molar-refractivity contribution in [3.8, 4) is 33.9 Å². The molecule has 0 unspecified atom stereocenters. The van der Waals surface area contributed by atoms with Crippen molar-refractivity contribution in [1.82, 2.24) is 4.98 Å². The molecule has 9 nitrogen and oxygen atoms in total. The third kappa shape index (κ3) is 3.42. The van der Waals surface area contributed by atoms with Crippen LogP contribution in [0.25, 0.3) is 22.5 Å². The first kappa shape index (κ1) is 19.7. The molecule has 0 amide bonds. The molecule has 3 rings (SSSR count). The molecule has 0 saturated heterocycles. The summed E-state index contributed by atoms with van der Waals surface area (Å²) in [6.45, 7) is 0. The molecule has 2 heterocycles. The summed E-state index contributed by atoms with van der Waals surface area (Å²) >= 11 is 0. The average molecular weight is 410 g/mol. The van der Waals surface area contributed by atoms with Gasteiger partial charge in [0, 0.05) is 29.6 Å². The van der Waals surface area contributed by atoms with E-state index in [1.807, 2.05) is 0 Å². The fourth-order valence-electron chi connectivity index (χ4n) is 2.70. The van der Waals surface area contributed by atoms with Crippen LogP contribution in [-0.2, 0) is 6.18 Å². The predicted molar refractivity (Wildman–Crippen MR) is 89.3 cm³/mol. The number of hydrogen-bond donors (Lipinski definition) is 3. The van der Waals surface area contributed by atoms with Crippen molar-refractivity contribution in [2.24, 2.45) is 0 Å². The van der Waals surface area contributed by atoms with Crippen molar-refractivity contribution in [2.45, 2.75) is 6.18 Å². The van der Waals surface area contributed by atoms with Gasteiger partial charge in [0.25, 0.3) is 0 Å². The molecule has 0 radical (unpaired) electrons. The van der Waals surface area contributed by atoms with E-state index in [1.54, 1.807) is 0 Å². The fraction of sp³-hybridized carbons (Fsp3) is 0.0588. The average Bonchev–Trinajstić information content (AvgIpc) is 3.08. The number of aromatic hydroxyl groups is 2. The number of aromatic carboxylic acids is 1. The van der Waals surface area contributed by atoms with E-state index >= 15 is 0 Å². The normalized spacial score (nSPS) is 11.4. The minimum atomic E-state index is -4.84. The Kier molecular flexibility index (Phi) is 4.62. The maximum absolute atomic E-state index is 13.3. The number of phenols is 2. The molecule has 0 spiro atoms. The minimum absolute atomic E-state index is 0.267. The van der Waals surface area contributed by atoms with Crippen LogP contribution < -0.4 is 0 Å². The van der Waals surface area contributed by atoms with Gasteiger partial charge in [0.05, 0.1) is 16.7 Å². The first-order chi connectivity index (χ1) is 13.5. The van der Waals surface area contributed by atoms with Gasteiger partial charge in [-0.1, -0.05) is 0 Å². The van der Waals surface area contributed by atoms with E-state index < -0.39 is 56.7 Å². The molecule has 12 heteroatoms. The Hall–Kier alpha value is -4.09. The number of rotatable bonds is 4. The molecule has 29 heavy (non-hydrogen) atoms. The highest BCUT2D eigenvalue weighted by atomic mass is 19.4. The summed E-state index contributed by atoms with van der Waals surface area (Å²) in [7, 11) is 0. The lowest BCUT2D eigenvalue weighted by Gasteiger charge is -2.11. The highest BCUT2D eigenvalue weighted by Crippen LogP contribution is 2.44. The van der Waals surface area contributed by atoms with Crippen LogP contribution in [0.2, 0.25) is 0 Å². The van der Waals surface area contributed by atoms with Crippen LogP contribution >= 0.6 is 0 Å². The molecule has 0 atom stereocenters. The van der Waals surface area contributed by atoms with Gasteiger partial charge in [-0.25, -0.2) is 4.79 Å². The van der Waals surface area contributed by atoms with Crippen LogP contribution in [0.4, 0.5) is 18.9 Å². The molecule has 1 aromatic carbocycles. The fourth-order valence-corrected chi connectivity index (χ4v) is 2.70. The minimum Gasteiger partial charge on any atom is -0.504 e. The molecular formula is C17H9F3N2O7. The SMILES string of the molecule is O=C(O)c1c(-c2cc(O)c(O)c([N+](=O)[O-])c2)coc1-c1cnccc1C(F)(F)F. The summed E-state index contributed by atoms with van der Waals surface area (Å²) in [6, 6.07) is 2.21. The Bertz CT molecular complexity index is 1140. The monoisotopic (exact) mass is 410 g/mol. The van der Waals surface area contributed by atoms with Gasteiger partial charge in [0.2, 0.25) is 5.75 Å². The predicted octanol–water partition coefficient (Wildman–Crippen LogP) is 4.05. The molecule has 0 aliphatic carbocycles. The molecule has 0 aliphatic heterocycles. The van der Waals surface area contributed by atoms with Crippen LogP contribution in [-0.4, -0.2) is 31.2 Å². The highest BCUT2D eigenvalue weighted by molar-refractivity contribution is 6.02. The van der Waals surface area contributed by atoms with Crippen molar-refractivity contribution in [3.05, 3.63) is 58.1 Å². The summed E-state index contributed by atoms with van der Waals surface area (Å²) in [5.41, 5.74) is -4.13. The van der Waals surface area contributed by atoms with Crippen LogP contribution in [0.15, 0.2) is 41.3 Å². The van der Waals surface area contributed by atoms with Crippen LogP contribution in [0, 0.1) is 10.1 Å². The number of carboxylic acids is 1. The third-order valence-electron chi connectivity index (χ3n) is 3.95. The van der Waals surface area contributed by atoms with Crippen LogP contribution in [0.5, 0.6) is 11.5 Å². The van der Waals surface area contributed by atoms with Crippen molar-refractivity contribution in [2.75, 3.05) is 0 Å². The second kappa shape index (κ2) is 6.82. The molecule has 0 fully saturated rings. The van der Waals surface area contributed by atoms with Gasteiger partial charge in [0.15, 0.2) is 11.5 Å². The Morgan fingerprint density at radius 1 is 1.21 bits per heavy atom. The lowest BCUT2D eigenvalue weighted by molar-refractivity contribution is -0.385. The van der Waals surface area contributed by atoms with Crippen molar-refractivity contribution in [1.29, 1.82) is 0 Å². The van der Waals surface area contributed by atoms with Crippen molar-refractivity contribution < 1.29 is 42.6 Å². The number of nitro benzene ring substituents is 1. The number of nitrogens with zero attached hydrogens (tertiary/aromatic N) is 2. The number of hydrogen-bond acceptors (Lipinski definition) is 7. The number of phenolic OH excluding ortho intramolecular Hbond substituents is 2. The molecule has 3 N–H and O–H groups in total. The Morgan fingerprint density at radius 3 is 2.48 bits per heavy atom. The number of carboxylic acid groups (broad SMARTS) is 1. The third-order valence-corrected chi connectivity index (χ3v) is 3.95. The highest BCUT2D eigenvalue weighted by Gasteiger charge is 2.36. The van der Waals surface area contributed by atoms with E-state index in [2.05, 4.69) is 4.98 Å². The second-order valence-electron chi connectivity index (χ2n) is 5.70. The Labute approximate surface area is 158 Å². The maximum atomic E-state index is 13.3. The number of aromatic nitrogens is 1. The summed E-state index contributed by atoms with van der Waals surface area (Å²) in [6.07, 6.45) is -2.41. The number of carbonyl (C=O) groups is 1. The standard InChI is InChI=1S/C17H9F3N2O7/c18-17(19,20)10-1-2-21-5-8(10)15-13(16(25)26)9(6-29-15)7-3-11(22(27)28)14(24)12(23)4-7/h1-6,23-24H,(H,25,26). The topological polar surface area (TPSA) is 147 Å². The van der Waals surface area contributed by atoms with E-state index in [0.717, 1.165) is 30.8 Å². The molecule has 0 aliphatic rings. The number of alkyl halides is 3. The largest absolute Gasteiger partial charge is 0.504 e. The zero-order chi connectivity index (χ0) is 21.5. The molecular weight excluding hydrogens is 401 g/mol. The van der Waals surface area contributed by atoms with Gasteiger partial charge in [0.1, 0.15) is 5.56 Å². The lowest BCUT2D eigenvalue weighted by Crippen LogP contribution is -2.08. The Balaban J connectivity index is 2.29. The van der Waals surface area contributed by atoms with Gasteiger partial charge < -0.3 is 19.7 Å². The van der Waals surface area contributed by atoms with Gasteiger partial charge in [-0.3, -0.25) is 15.1 Å². The van der Waals surface area contributed by atoms with E-state index in [1.165, 1.54) is 0 Å². The number of benzene rings is 1.